The van der Waals surface area contributed by atoms with Crippen molar-refractivity contribution in [3.63, 3.8) is 0 Å². The Morgan fingerprint density at radius 2 is 1.45 bits per heavy atom. The number of hydrogen-bond donors (Lipinski definition) is 1. The lowest BCUT2D eigenvalue weighted by atomic mass is 10.2. The van der Waals surface area contributed by atoms with Crippen LogP contribution in [0.2, 0.25) is 0 Å². The SMILES string of the molecule is O=C(O)CO/N=C/c1ccc(OCc2ccc(Br)cc2)cc1OCc1ccc(Br)cc1. The van der Waals surface area contributed by atoms with Gasteiger partial charge in [0.2, 0.25) is 6.61 Å². The number of ether oxygens (including phenoxy) is 2. The fourth-order valence-corrected chi connectivity index (χ4v) is 3.04. The average molecular weight is 549 g/mol. The molecule has 3 aromatic carbocycles. The predicted molar refractivity (Wildman–Crippen MR) is 125 cm³/mol. The topological polar surface area (TPSA) is 77.4 Å². The quantitative estimate of drug-likeness (QED) is 0.256. The Labute approximate surface area is 196 Å². The van der Waals surface area contributed by atoms with E-state index in [0.29, 0.717) is 30.3 Å². The summed E-state index contributed by atoms with van der Waals surface area (Å²) in [6, 6.07) is 21.0. The molecule has 0 spiro atoms. The van der Waals surface area contributed by atoms with E-state index in [1.165, 1.54) is 6.21 Å². The molecule has 8 heteroatoms. The molecular weight excluding hydrogens is 530 g/mol. The first-order valence-corrected chi connectivity index (χ1v) is 10.8. The fraction of sp³-hybridized carbons (Fsp3) is 0.130. The van der Waals surface area contributed by atoms with Gasteiger partial charge in [-0.25, -0.2) is 4.79 Å². The molecular formula is C23H19Br2NO5. The predicted octanol–water partition coefficient (Wildman–Crippen LogP) is 5.80. The third-order valence-corrected chi connectivity index (χ3v) is 5.12. The maximum atomic E-state index is 10.6. The number of benzene rings is 3. The molecule has 3 rings (SSSR count). The van der Waals surface area contributed by atoms with E-state index in [9.17, 15) is 4.79 Å². The summed E-state index contributed by atoms with van der Waals surface area (Å²) in [6.07, 6.45) is 1.42. The van der Waals surface area contributed by atoms with Crippen molar-refractivity contribution in [2.75, 3.05) is 6.61 Å². The largest absolute Gasteiger partial charge is 0.489 e. The number of hydrogen-bond acceptors (Lipinski definition) is 5. The molecule has 0 saturated carbocycles. The van der Waals surface area contributed by atoms with E-state index >= 15 is 0 Å². The highest BCUT2D eigenvalue weighted by Gasteiger charge is 2.07. The van der Waals surface area contributed by atoms with Crippen LogP contribution in [0.5, 0.6) is 11.5 Å². The average Bonchev–Trinajstić information content (AvgIpc) is 2.76. The first kappa shape index (κ1) is 22.8. The standard InChI is InChI=1S/C23H19Br2NO5/c24-19-6-1-16(2-7-19)13-29-21-10-5-18(12-26-31-15-23(27)28)22(11-21)30-14-17-3-8-20(25)9-4-17/h1-12H,13-15H2,(H,27,28)/b26-12+. The van der Waals surface area contributed by atoms with Crippen molar-refractivity contribution >= 4 is 44.0 Å². The van der Waals surface area contributed by atoms with Gasteiger partial charge in [0.1, 0.15) is 24.7 Å². The number of rotatable bonds is 10. The molecule has 1 N–H and O–H groups in total. The lowest BCUT2D eigenvalue weighted by molar-refractivity contribution is -0.142. The molecule has 0 bridgehead atoms. The molecule has 0 aromatic heterocycles. The number of aliphatic carboxylic acids is 1. The summed E-state index contributed by atoms with van der Waals surface area (Å²) in [5.74, 6) is 0.0804. The zero-order valence-corrected chi connectivity index (χ0v) is 19.5. The third-order valence-electron chi connectivity index (χ3n) is 4.07. The highest BCUT2D eigenvalue weighted by molar-refractivity contribution is 9.10. The van der Waals surface area contributed by atoms with Gasteiger partial charge in [-0.15, -0.1) is 0 Å². The second-order valence-electron chi connectivity index (χ2n) is 6.43. The van der Waals surface area contributed by atoms with E-state index in [-0.39, 0.29) is 0 Å². The number of oxime groups is 1. The van der Waals surface area contributed by atoms with E-state index in [2.05, 4.69) is 37.0 Å². The van der Waals surface area contributed by atoms with Gasteiger partial charge in [0.15, 0.2) is 0 Å². The third kappa shape index (κ3) is 7.73. The molecule has 0 aliphatic rings. The number of halogens is 2. The van der Waals surface area contributed by atoms with Crippen LogP contribution < -0.4 is 9.47 Å². The molecule has 0 atom stereocenters. The Morgan fingerprint density at radius 1 is 0.871 bits per heavy atom. The molecule has 31 heavy (non-hydrogen) atoms. The van der Waals surface area contributed by atoms with Crippen molar-refractivity contribution in [1.29, 1.82) is 0 Å². The van der Waals surface area contributed by atoms with E-state index in [1.807, 2.05) is 48.5 Å². The van der Waals surface area contributed by atoms with Gasteiger partial charge in [-0.05, 0) is 47.5 Å². The van der Waals surface area contributed by atoms with Gasteiger partial charge in [0.25, 0.3) is 0 Å². The van der Waals surface area contributed by atoms with Gasteiger partial charge in [-0.3, -0.25) is 0 Å². The smallest absolute Gasteiger partial charge is 0.344 e. The number of nitrogens with zero attached hydrogens (tertiary/aromatic N) is 1. The first-order chi connectivity index (χ1) is 15.0. The van der Waals surface area contributed by atoms with Crippen LogP contribution in [0.4, 0.5) is 0 Å². The lowest BCUT2D eigenvalue weighted by Gasteiger charge is -2.12. The molecule has 0 aliphatic carbocycles. The highest BCUT2D eigenvalue weighted by Crippen LogP contribution is 2.26. The second kappa shape index (κ2) is 11.5. The summed E-state index contributed by atoms with van der Waals surface area (Å²) in [5, 5.41) is 12.4. The van der Waals surface area contributed by atoms with Crippen molar-refractivity contribution in [3.05, 3.63) is 92.4 Å². The molecule has 0 aliphatic heterocycles. The number of carbonyl (C=O) groups is 1. The second-order valence-corrected chi connectivity index (χ2v) is 8.26. The molecule has 6 nitrogen and oxygen atoms in total. The minimum atomic E-state index is -1.10. The Hall–Kier alpha value is -2.84. The van der Waals surface area contributed by atoms with E-state index in [4.69, 9.17) is 19.4 Å². The van der Waals surface area contributed by atoms with Crippen molar-refractivity contribution in [3.8, 4) is 11.5 Å². The van der Waals surface area contributed by atoms with Crippen LogP contribution in [0.25, 0.3) is 0 Å². The molecule has 0 heterocycles. The molecule has 3 aromatic rings. The van der Waals surface area contributed by atoms with Crippen LogP contribution in [0, 0.1) is 0 Å². The van der Waals surface area contributed by atoms with Crippen LogP contribution in [-0.4, -0.2) is 23.9 Å². The molecule has 160 valence electrons. The van der Waals surface area contributed by atoms with Crippen molar-refractivity contribution in [2.45, 2.75) is 13.2 Å². The summed E-state index contributed by atoms with van der Waals surface area (Å²) in [6.45, 7) is 0.245. The number of carboxylic acid groups (broad SMARTS) is 1. The molecule has 0 amide bonds. The zero-order valence-electron chi connectivity index (χ0n) is 16.3. The lowest BCUT2D eigenvalue weighted by Crippen LogP contribution is -2.04. The number of carboxylic acids is 1. The van der Waals surface area contributed by atoms with Gasteiger partial charge in [0, 0.05) is 20.6 Å². The maximum Gasteiger partial charge on any atom is 0.344 e. The normalized spacial score (nSPS) is 10.8. The minimum Gasteiger partial charge on any atom is -0.489 e. The van der Waals surface area contributed by atoms with Crippen molar-refractivity contribution in [1.82, 2.24) is 0 Å². The summed E-state index contributed by atoms with van der Waals surface area (Å²) in [7, 11) is 0. The van der Waals surface area contributed by atoms with Crippen molar-refractivity contribution in [2.24, 2.45) is 5.16 Å². The minimum absolute atomic E-state index is 0.347. The summed E-state index contributed by atoms with van der Waals surface area (Å²) >= 11 is 6.83. The molecule has 0 unspecified atom stereocenters. The van der Waals surface area contributed by atoms with Gasteiger partial charge >= 0.3 is 5.97 Å². The van der Waals surface area contributed by atoms with Gasteiger partial charge < -0.3 is 19.4 Å². The van der Waals surface area contributed by atoms with Crippen LogP contribution in [0.15, 0.2) is 80.8 Å². The van der Waals surface area contributed by atoms with Gasteiger partial charge in [-0.1, -0.05) is 61.3 Å². The Morgan fingerprint density at radius 3 is 2.03 bits per heavy atom. The van der Waals surface area contributed by atoms with Crippen molar-refractivity contribution < 1.29 is 24.2 Å². The molecule has 0 radical (unpaired) electrons. The Kier molecular flexibility index (Phi) is 8.49. The van der Waals surface area contributed by atoms with Crippen LogP contribution in [0.3, 0.4) is 0 Å². The fourth-order valence-electron chi connectivity index (χ4n) is 2.51. The Balaban J connectivity index is 1.72. The molecule has 0 fully saturated rings. The maximum absolute atomic E-state index is 10.6. The summed E-state index contributed by atoms with van der Waals surface area (Å²) < 4.78 is 13.9. The zero-order chi connectivity index (χ0) is 22.1. The van der Waals surface area contributed by atoms with E-state index in [0.717, 1.165) is 20.1 Å². The van der Waals surface area contributed by atoms with Crippen LogP contribution in [-0.2, 0) is 22.8 Å². The summed E-state index contributed by atoms with van der Waals surface area (Å²) in [5.41, 5.74) is 2.67. The van der Waals surface area contributed by atoms with Crippen LogP contribution in [0.1, 0.15) is 16.7 Å². The van der Waals surface area contributed by atoms with Gasteiger partial charge in [-0.2, -0.15) is 0 Å². The van der Waals surface area contributed by atoms with E-state index < -0.39 is 12.6 Å². The Bertz CT molecular complexity index is 1040. The van der Waals surface area contributed by atoms with Crippen LogP contribution >= 0.6 is 31.9 Å². The summed E-state index contributed by atoms with van der Waals surface area (Å²) in [4.78, 5) is 15.3. The van der Waals surface area contributed by atoms with Gasteiger partial charge in [0.05, 0.1) is 6.21 Å². The monoisotopic (exact) mass is 547 g/mol. The van der Waals surface area contributed by atoms with E-state index in [1.54, 1.807) is 18.2 Å². The highest BCUT2D eigenvalue weighted by atomic mass is 79.9. The molecule has 0 saturated heterocycles. The first-order valence-electron chi connectivity index (χ1n) is 9.25.